The summed E-state index contributed by atoms with van der Waals surface area (Å²) < 4.78 is 0.828. The summed E-state index contributed by atoms with van der Waals surface area (Å²) in [7, 11) is 0. The lowest BCUT2D eigenvalue weighted by molar-refractivity contribution is -0.145. The predicted octanol–water partition coefficient (Wildman–Crippen LogP) is 2.34. The van der Waals surface area contributed by atoms with E-state index in [2.05, 4.69) is 26.2 Å². The number of nitrogens with one attached hydrogen (secondary N) is 1. The molecule has 2 N–H and O–H groups in total. The van der Waals surface area contributed by atoms with Crippen molar-refractivity contribution in [3.8, 4) is 0 Å². The van der Waals surface area contributed by atoms with Crippen LogP contribution in [0, 0.1) is 11.8 Å². The Morgan fingerprint density at radius 2 is 2.18 bits per heavy atom. The number of carbonyl (C=O) groups excluding carboxylic acids is 1. The summed E-state index contributed by atoms with van der Waals surface area (Å²) >= 11 is 4.56. The van der Waals surface area contributed by atoms with E-state index in [0.29, 0.717) is 18.0 Å². The molecule has 2 atom stereocenters. The van der Waals surface area contributed by atoms with Crippen LogP contribution >= 0.6 is 27.3 Å². The monoisotopic (exact) mass is 318 g/mol. The molecule has 0 spiro atoms. The summed E-state index contributed by atoms with van der Waals surface area (Å²) in [5.74, 6) is -2.12. The molecule has 1 aliphatic carbocycles. The van der Waals surface area contributed by atoms with Gasteiger partial charge < -0.3 is 10.4 Å². The zero-order valence-corrected chi connectivity index (χ0v) is 11.3. The third kappa shape index (κ3) is 2.84. The van der Waals surface area contributed by atoms with Gasteiger partial charge in [0.2, 0.25) is 5.91 Å². The molecule has 0 bridgehead atoms. The number of carboxylic acid groups (broad SMARTS) is 1. The summed E-state index contributed by atoms with van der Waals surface area (Å²) in [6.07, 6.45) is 3.60. The second-order valence-corrected chi connectivity index (χ2v) is 6.35. The summed E-state index contributed by atoms with van der Waals surface area (Å²) in [6.45, 7) is 0. The van der Waals surface area contributed by atoms with Gasteiger partial charge in [0.05, 0.1) is 21.8 Å². The third-order valence-electron chi connectivity index (χ3n) is 2.88. The highest BCUT2D eigenvalue weighted by molar-refractivity contribution is 9.11. The lowest BCUT2D eigenvalue weighted by Gasteiger charge is -2.14. The highest BCUT2D eigenvalue weighted by Gasteiger charge is 2.37. The molecule has 2 rings (SSSR count). The summed E-state index contributed by atoms with van der Waals surface area (Å²) in [4.78, 5) is 26.9. The number of carbonyl (C=O) groups is 2. The largest absolute Gasteiger partial charge is 0.481 e. The van der Waals surface area contributed by atoms with Crippen LogP contribution in [0.1, 0.15) is 19.3 Å². The third-order valence-corrected chi connectivity index (χ3v) is 4.27. The Balaban J connectivity index is 2.02. The summed E-state index contributed by atoms with van der Waals surface area (Å²) in [5, 5.41) is 12.2. The van der Waals surface area contributed by atoms with E-state index >= 15 is 0 Å². The van der Waals surface area contributed by atoms with Crippen LogP contribution in [0.2, 0.25) is 0 Å². The standard InChI is InChI=1S/C10H11BrN2O3S/c11-7-4-12-10(17-7)13-8(14)5-2-1-3-6(5)9(15)16/h4-6H,1-3H2,(H,15,16)(H,12,13,14)/t5-,6+/m1/s1. The van der Waals surface area contributed by atoms with Crippen LogP contribution in [0.3, 0.4) is 0 Å². The number of aromatic nitrogens is 1. The van der Waals surface area contributed by atoms with Crippen LogP contribution in [0.25, 0.3) is 0 Å². The normalized spacial score (nSPS) is 23.6. The van der Waals surface area contributed by atoms with Crippen molar-refractivity contribution in [1.82, 2.24) is 4.98 Å². The number of carboxylic acids is 1. The maximum atomic E-state index is 11.9. The molecule has 0 aromatic carbocycles. The minimum absolute atomic E-state index is 0.239. The van der Waals surface area contributed by atoms with Crippen LogP contribution in [0.5, 0.6) is 0 Å². The average molecular weight is 319 g/mol. The van der Waals surface area contributed by atoms with Crippen LogP contribution < -0.4 is 5.32 Å². The number of anilines is 1. The molecule has 17 heavy (non-hydrogen) atoms. The van der Waals surface area contributed by atoms with Crippen molar-refractivity contribution in [2.45, 2.75) is 19.3 Å². The van der Waals surface area contributed by atoms with E-state index in [4.69, 9.17) is 5.11 Å². The average Bonchev–Trinajstić information content (AvgIpc) is 2.86. The van der Waals surface area contributed by atoms with Crippen LogP contribution in [-0.2, 0) is 9.59 Å². The number of thiazole rings is 1. The van der Waals surface area contributed by atoms with Gasteiger partial charge in [-0.05, 0) is 28.8 Å². The second kappa shape index (κ2) is 5.14. The molecule has 1 saturated carbocycles. The van der Waals surface area contributed by atoms with Gasteiger partial charge in [0.1, 0.15) is 0 Å². The Bertz CT molecular complexity index is 449. The SMILES string of the molecule is O=C(O)[C@H]1CCC[C@H]1C(=O)Nc1ncc(Br)s1. The lowest BCUT2D eigenvalue weighted by Crippen LogP contribution is -2.29. The lowest BCUT2D eigenvalue weighted by atomic mass is 9.95. The molecule has 1 aliphatic rings. The molecule has 1 heterocycles. The molecule has 1 amide bonds. The van der Waals surface area contributed by atoms with Gasteiger partial charge in [0.25, 0.3) is 0 Å². The predicted molar refractivity (Wildman–Crippen MR) is 66.9 cm³/mol. The number of aliphatic carboxylic acids is 1. The first kappa shape index (κ1) is 12.5. The number of rotatable bonds is 3. The molecular formula is C10H11BrN2O3S. The maximum Gasteiger partial charge on any atom is 0.307 e. The Hall–Kier alpha value is -0.950. The van der Waals surface area contributed by atoms with Gasteiger partial charge >= 0.3 is 5.97 Å². The van der Waals surface area contributed by atoms with Crippen molar-refractivity contribution in [3.63, 3.8) is 0 Å². The van der Waals surface area contributed by atoms with E-state index in [1.165, 1.54) is 11.3 Å². The molecule has 5 nitrogen and oxygen atoms in total. The Morgan fingerprint density at radius 3 is 2.76 bits per heavy atom. The molecule has 1 aromatic heterocycles. The first-order chi connectivity index (χ1) is 8.08. The van der Waals surface area contributed by atoms with Gasteiger partial charge in [0.15, 0.2) is 5.13 Å². The van der Waals surface area contributed by atoms with Crippen molar-refractivity contribution in [1.29, 1.82) is 0 Å². The molecule has 1 fully saturated rings. The van der Waals surface area contributed by atoms with Crippen molar-refractivity contribution in [2.24, 2.45) is 11.8 Å². The van der Waals surface area contributed by atoms with E-state index in [-0.39, 0.29) is 5.91 Å². The molecule has 92 valence electrons. The van der Waals surface area contributed by atoms with Crippen molar-refractivity contribution in [3.05, 3.63) is 9.98 Å². The van der Waals surface area contributed by atoms with Gasteiger partial charge in [-0.15, -0.1) is 0 Å². The van der Waals surface area contributed by atoms with Crippen LogP contribution in [-0.4, -0.2) is 22.0 Å². The van der Waals surface area contributed by atoms with Crippen molar-refractivity contribution < 1.29 is 14.7 Å². The van der Waals surface area contributed by atoms with E-state index in [9.17, 15) is 9.59 Å². The quantitative estimate of drug-likeness (QED) is 0.896. The first-order valence-corrected chi connectivity index (χ1v) is 6.84. The zero-order valence-electron chi connectivity index (χ0n) is 8.85. The number of nitrogens with zero attached hydrogens (tertiary/aromatic N) is 1. The Labute approximate surface area is 110 Å². The smallest absolute Gasteiger partial charge is 0.307 e. The zero-order chi connectivity index (χ0) is 12.4. The van der Waals surface area contributed by atoms with E-state index in [1.807, 2.05) is 0 Å². The molecule has 0 saturated heterocycles. The molecule has 0 aliphatic heterocycles. The number of halogens is 1. The highest BCUT2D eigenvalue weighted by atomic mass is 79.9. The maximum absolute atomic E-state index is 11.9. The van der Waals surface area contributed by atoms with Gasteiger partial charge in [-0.25, -0.2) is 4.98 Å². The first-order valence-electron chi connectivity index (χ1n) is 5.23. The molecule has 0 unspecified atom stereocenters. The van der Waals surface area contributed by atoms with Gasteiger partial charge in [-0.2, -0.15) is 0 Å². The minimum Gasteiger partial charge on any atom is -0.481 e. The van der Waals surface area contributed by atoms with Gasteiger partial charge in [-0.3, -0.25) is 9.59 Å². The summed E-state index contributed by atoms with van der Waals surface area (Å²) in [6, 6.07) is 0. The van der Waals surface area contributed by atoms with Gasteiger partial charge in [0, 0.05) is 0 Å². The second-order valence-electron chi connectivity index (χ2n) is 3.94. The van der Waals surface area contributed by atoms with E-state index in [0.717, 1.165) is 10.2 Å². The van der Waals surface area contributed by atoms with E-state index < -0.39 is 17.8 Å². The Morgan fingerprint density at radius 1 is 1.47 bits per heavy atom. The van der Waals surface area contributed by atoms with Crippen molar-refractivity contribution in [2.75, 3.05) is 5.32 Å². The topological polar surface area (TPSA) is 79.3 Å². The number of hydrogen-bond acceptors (Lipinski definition) is 4. The van der Waals surface area contributed by atoms with Crippen molar-refractivity contribution >= 4 is 44.3 Å². The molecule has 7 heteroatoms. The minimum atomic E-state index is -0.886. The Kier molecular flexibility index (Phi) is 3.78. The molecular weight excluding hydrogens is 308 g/mol. The fourth-order valence-electron chi connectivity index (χ4n) is 2.08. The number of hydrogen-bond donors (Lipinski definition) is 2. The highest BCUT2D eigenvalue weighted by Crippen LogP contribution is 2.33. The fourth-order valence-corrected chi connectivity index (χ4v) is 3.19. The van der Waals surface area contributed by atoms with Crippen LogP contribution in [0.4, 0.5) is 5.13 Å². The van der Waals surface area contributed by atoms with E-state index in [1.54, 1.807) is 6.20 Å². The summed E-state index contributed by atoms with van der Waals surface area (Å²) in [5.41, 5.74) is 0. The fraction of sp³-hybridized carbons (Fsp3) is 0.500. The molecule has 1 aromatic rings. The number of amides is 1. The molecule has 0 radical (unpaired) electrons. The van der Waals surface area contributed by atoms with Crippen LogP contribution in [0.15, 0.2) is 9.98 Å². The van der Waals surface area contributed by atoms with Gasteiger partial charge in [-0.1, -0.05) is 17.8 Å².